The maximum atomic E-state index is 10.5. The Bertz CT molecular complexity index is 406. The standard InChI is InChI=1S/C13H16NO2S.CH4.W/c1-9(2)11-5-3-10(4-6-11)7-17-8-12(14)13(15)16;;/h3-6,12,14H,1,7-8H2,2H3,(H,15,16);1H4;/q-1;;/t12-;;/m0../s1. The van der Waals surface area contributed by atoms with Crippen molar-refractivity contribution in [3.8, 4) is 0 Å². The van der Waals surface area contributed by atoms with Crippen molar-refractivity contribution in [2.75, 3.05) is 5.75 Å². The molecule has 0 saturated carbocycles. The third-order valence-electron chi connectivity index (χ3n) is 2.30. The Morgan fingerprint density at radius 3 is 2.37 bits per heavy atom. The maximum absolute atomic E-state index is 10.5. The van der Waals surface area contributed by atoms with Crippen molar-refractivity contribution >= 4 is 23.3 Å². The summed E-state index contributed by atoms with van der Waals surface area (Å²) in [7, 11) is 0. The fourth-order valence-electron chi connectivity index (χ4n) is 1.25. The second kappa shape index (κ2) is 10.2. The number of hydrogen-bond acceptors (Lipinski definition) is 2. The summed E-state index contributed by atoms with van der Waals surface area (Å²) in [6.45, 7) is 5.82. The van der Waals surface area contributed by atoms with Crippen molar-refractivity contribution in [2.24, 2.45) is 0 Å². The molecule has 0 aromatic heterocycles. The Morgan fingerprint density at radius 1 is 1.42 bits per heavy atom. The van der Waals surface area contributed by atoms with Crippen molar-refractivity contribution in [1.82, 2.24) is 0 Å². The van der Waals surface area contributed by atoms with Gasteiger partial charge in [0, 0.05) is 26.8 Å². The van der Waals surface area contributed by atoms with E-state index in [1.807, 2.05) is 31.2 Å². The third-order valence-corrected chi connectivity index (χ3v) is 3.40. The number of thioether (sulfide) groups is 1. The van der Waals surface area contributed by atoms with Crippen LogP contribution in [0.25, 0.3) is 11.3 Å². The van der Waals surface area contributed by atoms with E-state index < -0.39 is 12.0 Å². The number of rotatable bonds is 6. The number of benzene rings is 1. The first-order valence-corrected chi connectivity index (χ1v) is 6.42. The molecule has 106 valence electrons. The Balaban J connectivity index is 0. The van der Waals surface area contributed by atoms with E-state index in [9.17, 15) is 4.79 Å². The van der Waals surface area contributed by atoms with Gasteiger partial charge in [0.05, 0.1) is 0 Å². The van der Waals surface area contributed by atoms with E-state index in [2.05, 4.69) is 6.58 Å². The SMILES string of the molecule is C.C=C(C)c1ccc(CSC[C@H]([NH-])C(=O)O)cc1.[W]. The van der Waals surface area contributed by atoms with Gasteiger partial charge in [-0.15, -0.1) is 0 Å². The van der Waals surface area contributed by atoms with Gasteiger partial charge >= 0.3 is 0 Å². The molecule has 1 aromatic carbocycles. The number of allylic oxidation sites excluding steroid dienone is 1. The molecule has 0 radical (unpaired) electrons. The van der Waals surface area contributed by atoms with E-state index in [-0.39, 0.29) is 28.5 Å². The molecule has 1 atom stereocenters. The molecule has 0 bridgehead atoms. The van der Waals surface area contributed by atoms with Gasteiger partial charge in [-0.2, -0.15) is 11.8 Å². The first kappa shape index (κ1) is 20.7. The summed E-state index contributed by atoms with van der Waals surface area (Å²) in [6, 6.07) is 7.00. The first-order chi connectivity index (χ1) is 8.00. The van der Waals surface area contributed by atoms with E-state index in [1.165, 1.54) is 11.8 Å². The first-order valence-electron chi connectivity index (χ1n) is 5.27. The minimum absolute atomic E-state index is 0. The van der Waals surface area contributed by atoms with Gasteiger partial charge in [0.25, 0.3) is 5.97 Å². The predicted octanol–water partition coefficient (Wildman–Crippen LogP) is 4.09. The van der Waals surface area contributed by atoms with Gasteiger partial charge < -0.3 is 10.8 Å². The zero-order valence-electron chi connectivity index (χ0n) is 10.2. The summed E-state index contributed by atoms with van der Waals surface area (Å²) >= 11 is 1.47. The van der Waals surface area contributed by atoms with Crippen LogP contribution in [-0.4, -0.2) is 22.9 Å². The molecular weight excluding hydrogens is 430 g/mol. The smallest absolute Gasteiger partial charge is 0.286 e. The zero-order valence-corrected chi connectivity index (χ0v) is 13.9. The number of hydrogen-bond donors (Lipinski definition) is 1. The molecule has 0 unspecified atom stereocenters. The largest absolute Gasteiger partial charge is 0.665 e. The normalized spacial score (nSPS) is 10.8. The van der Waals surface area contributed by atoms with Crippen molar-refractivity contribution < 1.29 is 31.0 Å². The molecule has 0 spiro atoms. The van der Waals surface area contributed by atoms with Crippen LogP contribution in [0.3, 0.4) is 0 Å². The molecule has 1 aromatic rings. The van der Waals surface area contributed by atoms with Crippen LogP contribution in [0.5, 0.6) is 0 Å². The van der Waals surface area contributed by atoms with Crippen LogP contribution in [0.4, 0.5) is 0 Å². The maximum Gasteiger partial charge on any atom is 0.286 e. The number of aliphatic carboxylic acids is 1. The van der Waals surface area contributed by atoms with Gasteiger partial charge in [-0.3, -0.25) is 4.79 Å². The summed E-state index contributed by atoms with van der Waals surface area (Å²) in [5.74, 6) is -0.00778. The van der Waals surface area contributed by atoms with Gasteiger partial charge in [0.1, 0.15) is 0 Å². The number of carboxylic acid groups (broad SMARTS) is 1. The molecule has 0 aliphatic heterocycles. The van der Waals surface area contributed by atoms with Gasteiger partial charge in [-0.1, -0.05) is 43.8 Å². The number of carboxylic acids is 1. The van der Waals surface area contributed by atoms with Crippen LogP contribution in [0.15, 0.2) is 30.8 Å². The molecule has 0 heterocycles. The van der Waals surface area contributed by atoms with Gasteiger partial charge in [-0.25, -0.2) is 0 Å². The van der Waals surface area contributed by atoms with Gasteiger partial charge in [0.15, 0.2) is 0 Å². The molecule has 0 fully saturated rings. The summed E-state index contributed by atoms with van der Waals surface area (Å²) in [5, 5.41) is 8.57. The predicted molar refractivity (Wildman–Crippen MR) is 79.8 cm³/mol. The molecule has 3 nitrogen and oxygen atoms in total. The molecule has 0 aliphatic rings. The fourth-order valence-corrected chi connectivity index (χ4v) is 2.18. The molecule has 0 amide bonds. The Labute approximate surface area is 133 Å². The van der Waals surface area contributed by atoms with Crippen LogP contribution < -0.4 is 0 Å². The van der Waals surface area contributed by atoms with Crippen LogP contribution in [0.2, 0.25) is 0 Å². The fraction of sp³-hybridized carbons (Fsp3) is 0.357. The number of nitrogens with one attached hydrogen (secondary N) is 1. The zero-order chi connectivity index (χ0) is 12.8. The monoisotopic (exact) mass is 450 g/mol. The molecule has 5 heteroatoms. The molecule has 1 rings (SSSR count). The van der Waals surface area contributed by atoms with Crippen LogP contribution in [0.1, 0.15) is 25.5 Å². The third kappa shape index (κ3) is 7.56. The molecule has 0 saturated heterocycles. The van der Waals surface area contributed by atoms with Crippen LogP contribution in [0, 0.1) is 0 Å². The van der Waals surface area contributed by atoms with E-state index in [0.717, 1.165) is 22.5 Å². The van der Waals surface area contributed by atoms with Crippen molar-refractivity contribution in [2.45, 2.75) is 26.1 Å². The minimum atomic E-state index is -1.06. The number of carbonyl (C=O) groups is 1. The molecule has 2 N–H and O–H groups in total. The minimum Gasteiger partial charge on any atom is -0.665 e. The second-order valence-corrected chi connectivity index (χ2v) is 4.91. The summed E-state index contributed by atoms with van der Waals surface area (Å²) in [4.78, 5) is 10.5. The van der Waals surface area contributed by atoms with Gasteiger partial charge in [-0.05, 0) is 29.8 Å². The van der Waals surface area contributed by atoms with E-state index in [0.29, 0.717) is 5.75 Å². The van der Waals surface area contributed by atoms with Crippen molar-refractivity contribution in [3.05, 3.63) is 47.7 Å². The van der Waals surface area contributed by atoms with Crippen LogP contribution >= 0.6 is 11.8 Å². The summed E-state index contributed by atoms with van der Waals surface area (Å²) in [5.41, 5.74) is 10.5. The molecule has 0 aliphatic carbocycles. The Hall–Kier alpha value is -0.572. The molecule has 19 heavy (non-hydrogen) atoms. The second-order valence-electron chi connectivity index (χ2n) is 3.88. The van der Waals surface area contributed by atoms with Crippen molar-refractivity contribution in [1.29, 1.82) is 0 Å². The van der Waals surface area contributed by atoms with Crippen molar-refractivity contribution in [3.63, 3.8) is 0 Å². The van der Waals surface area contributed by atoms with E-state index >= 15 is 0 Å². The quantitative estimate of drug-likeness (QED) is 0.711. The Kier molecular flexibility index (Phi) is 11.2. The van der Waals surface area contributed by atoms with E-state index in [1.54, 1.807) is 0 Å². The van der Waals surface area contributed by atoms with E-state index in [4.69, 9.17) is 10.8 Å². The average molecular weight is 450 g/mol. The summed E-state index contributed by atoms with van der Waals surface area (Å²) in [6.07, 6.45) is 0. The Morgan fingerprint density at radius 2 is 1.95 bits per heavy atom. The van der Waals surface area contributed by atoms with Gasteiger partial charge in [0.2, 0.25) is 0 Å². The summed E-state index contributed by atoms with van der Waals surface area (Å²) < 4.78 is 0. The topological polar surface area (TPSA) is 61.1 Å². The molecular formula is C14H20NO2SW-. The average Bonchev–Trinajstić information content (AvgIpc) is 2.29. The van der Waals surface area contributed by atoms with Crippen LogP contribution in [-0.2, 0) is 31.6 Å².